The number of pyridine rings is 1. The van der Waals surface area contributed by atoms with Gasteiger partial charge in [0, 0.05) is 57.5 Å². The van der Waals surface area contributed by atoms with Gasteiger partial charge in [0.2, 0.25) is 6.04 Å². The summed E-state index contributed by atoms with van der Waals surface area (Å²) in [6.45, 7) is 3.85. The van der Waals surface area contributed by atoms with E-state index in [0.29, 0.717) is 6.42 Å². The summed E-state index contributed by atoms with van der Waals surface area (Å²) in [5.41, 5.74) is 0. The molecule has 0 spiro atoms. The largest absolute Gasteiger partial charge is 0.292 e. The Balaban J connectivity index is 0.00000144. The third-order valence-electron chi connectivity index (χ3n) is 2.97. The molecule has 0 aliphatic carbocycles. The number of rotatable bonds is 3. The Morgan fingerprint density at radius 2 is 1.88 bits per heavy atom. The van der Waals surface area contributed by atoms with Gasteiger partial charge in [-0.15, -0.1) is 0 Å². The third-order valence-corrected chi connectivity index (χ3v) is 2.97. The number of nitrogens with zero attached hydrogens (tertiary/aromatic N) is 1. The molecule has 0 amide bonds. The first-order chi connectivity index (χ1) is 7.72. The van der Waals surface area contributed by atoms with Crippen LogP contribution in [-0.4, -0.2) is 5.78 Å². The van der Waals surface area contributed by atoms with Crippen LogP contribution < -0.4 is 4.57 Å². The number of carbonyl (C=O) groups is 1. The molecule has 85 valence electrons. The summed E-state index contributed by atoms with van der Waals surface area (Å²) in [5.74, 6) is 0.264. The topological polar surface area (TPSA) is 20.9 Å². The van der Waals surface area contributed by atoms with Gasteiger partial charge in [-0.2, -0.15) is 4.57 Å². The van der Waals surface area contributed by atoms with Crippen LogP contribution in [0, 0.1) is 0 Å². The van der Waals surface area contributed by atoms with Crippen molar-refractivity contribution in [1.82, 2.24) is 0 Å². The van der Waals surface area contributed by atoms with Gasteiger partial charge in [-0.3, -0.25) is 4.79 Å². The molecule has 1 atom stereocenters. The summed E-state index contributed by atoms with van der Waals surface area (Å²) in [6.07, 6.45) is 4.59. The van der Waals surface area contributed by atoms with Crippen LogP contribution in [0.15, 0.2) is 42.7 Å². The number of aromatic nitrogens is 1. The number of Topliss-reactive ketones (excluding diaryl/α,β-unsaturated/α-hetero) is 1. The predicted molar refractivity (Wildman–Crippen MR) is 64.2 cm³/mol. The molecule has 1 unspecified atom stereocenters. The standard InChI is InChI=1S/C14H16NO.Y/c1-3-14(16)11(2)15-9-8-12-6-4-5-7-13(12)10-15;/h4-11H,3H2,1-2H3;/q+1;. The Hall–Kier alpha value is -0.596. The van der Waals surface area contributed by atoms with Gasteiger partial charge in [0.1, 0.15) is 0 Å². The fourth-order valence-corrected chi connectivity index (χ4v) is 1.85. The van der Waals surface area contributed by atoms with Crippen LogP contribution in [0.1, 0.15) is 26.3 Å². The maximum absolute atomic E-state index is 11.6. The van der Waals surface area contributed by atoms with Crippen LogP contribution in [0.3, 0.4) is 0 Å². The van der Waals surface area contributed by atoms with Crippen molar-refractivity contribution in [3.05, 3.63) is 42.7 Å². The molecule has 3 heteroatoms. The number of ketones is 1. The number of carbonyl (C=O) groups excluding carboxylic acids is 1. The molecule has 0 bridgehead atoms. The molecule has 1 radical (unpaired) electrons. The van der Waals surface area contributed by atoms with E-state index < -0.39 is 0 Å². The second kappa shape index (κ2) is 6.37. The molecule has 1 heterocycles. The van der Waals surface area contributed by atoms with Crippen molar-refractivity contribution in [2.75, 3.05) is 0 Å². The van der Waals surface area contributed by atoms with E-state index in [1.54, 1.807) is 0 Å². The Morgan fingerprint density at radius 1 is 1.24 bits per heavy atom. The van der Waals surface area contributed by atoms with Gasteiger partial charge < -0.3 is 0 Å². The molecular formula is C14H16NOY+. The Kier molecular flexibility index (Phi) is 5.42. The molecule has 0 saturated carbocycles. The quantitative estimate of drug-likeness (QED) is 0.799. The van der Waals surface area contributed by atoms with Crippen LogP contribution >= 0.6 is 0 Å². The van der Waals surface area contributed by atoms with Crippen molar-refractivity contribution in [2.24, 2.45) is 0 Å². The molecular weight excluding hydrogens is 287 g/mol. The minimum absolute atomic E-state index is 0. The van der Waals surface area contributed by atoms with Gasteiger partial charge in [-0.25, -0.2) is 0 Å². The van der Waals surface area contributed by atoms with Gasteiger partial charge >= 0.3 is 0 Å². The van der Waals surface area contributed by atoms with Crippen LogP contribution in [-0.2, 0) is 37.5 Å². The van der Waals surface area contributed by atoms with Gasteiger partial charge in [0.05, 0.1) is 0 Å². The van der Waals surface area contributed by atoms with Gasteiger partial charge in [-0.05, 0) is 11.5 Å². The van der Waals surface area contributed by atoms with Crippen molar-refractivity contribution in [3.63, 3.8) is 0 Å². The molecule has 2 rings (SSSR count). The summed E-state index contributed by atoms with van der Waals surface area (Å²) in [6, 6.07) is 10.1. The summed E-state index contributed by atoms with van der Waals surface area (Å²) < 4.78 is 1.98. The molecule has 17 heavy (non-hydrogen) atoms. The van der Waals surface area contributed by atoms with E-state index in [2.05, 4.69) is 18.2 Å². The Morgan fingerprint density at radius 3 is 2.53 bits per heavy atom. The summed E-state index contributed by atoms with van der Waals surface area (Å²) >= 11 is 0. The monoisotopic (exact) mass is 303 g/mol. The molecule has 1 aromatic heterocycles. The maximum Gasteiger partial charge on any atom is 0.213 e. The van der Waals surface area contributed by atoms with E-state index in [9.17, 15) is 4.79 Å². The number of fused-ring (bicyclic) bond motifs is 1. The van der Waals surface area contributed by atoms with Crippen LogP contribution in [0.5, 0.6) is 0 Å². The first kappa shape index (κ1) is 14.5. The first-order valence-corrected chi connectivity index (χ1v) is 5.64. The molecule has 2 nitrogen and oxygen atoms in total. The van der Waals surface area contributed by atoms with E-state index in [1.165, 1.54) is 10.8 Å². The van der Waals surface area contributed by atoms with E-state index in [1.807, 2.05) is 42.9 Å². The van der Waals surface area contributed by atoms with Crippen LogP contribution in [0.25, 0.3) is 10.8 Å². The van der Waals surface area contributed by atoms with E-state index in [4.69, 9.17) is 0 Å². The van der Waals surface area contributed by atoms with E-state index in [0.717, 1.165) is 0 Å². The summed E-state index contributed by atoms with van der Waals surface area (Å²) in [7, 11) is 0. The zero-order valence-corrected chi connectivity index (χ0v) is 13.1. The van der Waals surface area contributed by atoms with Gasteiger partial charge in [0.25, 0.3) is 0 Å². The van der Waals surface area contributed by atoms with Gasteiger partial charge in [0.15, 0.2) is 18.2 Å². The number of hydrogen-bond donors (Lipinski definition) is 0. The van der Waals surface area contributed by atoms with Crippen molar-refractivity contribution in [1.29, 1.82) is 0 Å². The van der Waals surface area contributed by atoms with Crippen LogP contribution in [0.2, 0.25) is 0 Å². The summed E-state index contributed by atoms with van der Waals surface area (Å²) in [5, 5.41) is 2.37. The smallest absolute Gasteiger partial charge is 0.213 e. The molecule has 1 aromatic carbocycles. The van der Waals surface area contributed by atoms with Crippen molar-refractivity contribution in [3.8, 4) is 0 Å². The summed E-state index contributed by atoms with van der Waals surface area (Å²) in [4.78, 5) is 11.6. The molecule has 0 saturated heterocycles. The second-order valence-corrected chi connectivity index (χ2v) is 4.02. The number of benzene rings is 1. The SMILES string of the molecule is CCC(=O)C(C)[n+]1ccc2ccccc2c1.[Y]. The maximum atomic E-state index is 11.6. The van der Waals surface area contributed by atoms with E-state index >= 15 is 0 Å². The van der Waals surface area contributed by atoms with Crippen LogP contribution in [0.4, 0.5) is 0 Å². The average molecular weight is 303 g/mol. The van der Waals surface area contributed by atoms with Crippen molar-refractivity contribution in [2.45, 2.75) is 26.3 Å². The average Bonchev–Trinajstić information content (AvgIpc) is 2.36. The van der Waals surface area contributed by atoms with Gasteiger partial charge in [-0.1, -0.05) is 25.1 Å². The zero-order chi connectivity index (χ0) is 11.5. The normalized spacial score (nSPS) is 11.9. The molecule has 0 N–H and O–H groups in total. The molecule has 0 aliphatic heterocycles. The van der Waals surface area contributed by atoms with Crippen molar-refractivity contribution >= 4 is 16.6 Å². The Bertz CT molecular complexity index is 524. The third kappa shape index (κ3) is 3.20. The molecule has 2 aromatic rings. The first-order valence-electron chi connectivity index (χ1n) is 5.64. The fraction of sp³-hybridized carbons (Fsp3) is 0.286. The van der Waals surface area contributed by atoms with E-state index in [-0.39, 0.29) is 44.5 Å². The predicted octanol–water partition coefficient (Wildman–Crippen LogP) is 2.66. The molecule has 0 aliphatic rings. The number of hydrogen-bond acceptors (Lipinski definition) is 1. The Labute approximate surface area is 127 Å². The molecule has 0 fully saturated rings. The minimum Gasteiger partial charge on any atom is -0.292 e. The zero-order valence-electron chi connectivity index (χ0n) is 10.3. The fourth-order valence-electron chi connectivity index (χ4n) is 1.85. The van der Waals surface area contributed by atoms with Crippen molar-refractivity contribution < 1.29 is 42.1 Å². The second-order valence-electron chi connectivity index (χ2n) is 4.02. The minimum atomic E-state index is -0.0744.